The maximum atomic E-state index is 12.9. The number of benzene rings is 2. The van der Waals surface area contributed by atoms with Crippen molar-refractivity contribution in [3.05, 3.63) is 83.1 Å². The Bertz CT molecular complexity index is 951. The minimum atomic E-state index is 0.0355. The van der Waals surface area contributed by atoms with Gasteiger partial charge < -0.3 is 4.90 Å². The molecule has 1 aromatic heterocycles. The Balaban J connectivity index is 1.48. The number of rotatable bonds is 4. The van der Waals surface area contributed by atoms with E-state index in [0.29, 0.717) is 0 Å². The molecule has 3 aromatic rings. The van der Waals surface area contributed by atoms with Crippen LogP contribution in [0.15, 0.2) is 67.0 Å². The van der Waals surface area contributed by atoms with E-state index in [0.717, 1.165) is 46.8 Å². The molecule has 4 heteroatoms. The van der Waals surface area contributed by atoms with E-state index in [1.165, 1.54) is 5.56 Å². The Morgan fingerprint density at radius 2 is 1.81 bits per heavy atom. The van der Waals surface area contributed by atoms with Gasteiger partial charge in [0, 0.05) is 35.6 Å². The molecule has 1 saturated heterocycles. The topological polar surface area (TPSA) is 33.2 Å². The molecule has 0 aliphatic carbocycles. The van der Waals surface area contributed by atoms with Gasteiger partial charge in [-0.2, -0.15) is 0 Å². The Hall–Kier alpha value is -2.65. The third-order valence-corrected chi connectivity index (χ3v) is 5.47. The minimum absolute atomic E-state index is 0.0355. The summed E-state index contributed by atoms with van der Waals surface area (Å²) in [5.74, 6) is 0.242. The molecule has 0 bridgehead atoms. The molecular formula is C23H21ClN2O. The number of carbonyl (C=O) groups is 1. The highest BCUT2D eigenvalue weighted by Crippen LogP contribution is 2.30. The molecule has 0 spiro atoms. The van der Waals surface area contributed by atoms with E-state index in [1.54, 1.807) is 0 Å². The first-order valence-corrected chi connectivity index (χ1v) is 9.56. The molecule has 1 unspecified atom stereocenters. The highest BCUT2D eigenvalue weighted by atomic mass is 35.5. The van der Waals surface area contributed by atoms with Crippen LogP contribution in [0.1, 0.15) is 17.5 Å². The number of hydrogen-bond donors (Lipinski definition) is 0. The predicted octanol–water partition coefficient (Wildman–Crippen LogP) is 5.31. The molecule has 1 aliphatic rings. The van der Waals surface area contributed by atoms with E-state index in [4.69, 9.17) is 11.6 Å². The quantitative estimate of drug-likeness (QED) is 0.618. The fourth-order valence-electron chi connectivity index (χ4n) is 3.71. The zero-order valence-electron chi connectivity index (χ0n) is 15.2. The number of carbonyl (C=O) groups excluding carboxylic acids is 1. The average molecular weight is 377 g/mol. The molecule has 3 nitrogen and oxygen atoms in total. The van der Waals surface area contributed by atoms with Crippen LogP contribution in [0.2, 0.25) is 5.02 Å². The molecule has 0 saturated carbocycles. The maximum absolute atomic E-state index is 12.9. The van der Waals surface area contributed by atoms with Crippen molar-refractivity contribution in [3.8, 4) is 11.1 Å². The number of nitrogens with zero attached hydrogens (tertiary/aromatic N) is 2. The van der Waals surface area contributed by atoms with Crippen molar-refractivity contribution in [2.24, 2.45) is 5.92 Å². The second-order valence-electron chi connectivity index (χ2n) is 7.04. The molecular weight excluding hydrogens is 356 g/mol. The summed E-state index contributed by atoms with van der Waals surface area (Å²) in [6.45, 7) is 2.83. The number of amides is 1. The lowest BCUT2D eigenvalue weighted by Gasteiger charge is -2.18. The predicted molar refractivity (Wildman–Crippen MR) is 110 cm³/mol. The smallest absolute Gasteiger partial charge is 0.230 e. The molecule has 136 valence electrons. The fraction of sp³-hybridized carbons (Fsp3) is 0.217. The number of halogens is 1. The number of aromatic nitrogens is 1. The molecule has 2 heterocycles. The summed E-state index contributed by atoms with van der Waals surface area (Å²) in [5.41, 5.74) is 5.58. The number of pyridine rings is 1. The van der Waals surface area contributed by atoms with Gasteiger partial charge in [-0.25, -0.2) is 0 Å². The van der Waals surface area contributed by atoms with Gasteiger partial charge in [0.15, 0.2) is 0 Å². The molecule has 1 amide bonds. The first-order valence-electron chi connectivity index (χ1n) is 9.19. The Morgan fingerprint density at radius 1 is 1.07 bits per heavy atom. The van der Waals surface area contributed by atoms with Gasteiger partial charge in [0.05, 0.1) is 0 Å². The third kappa shape index (κ3) is 3.74. The van der Waals surface area contributed by atoms with Crippen LogP contribution in [0.5, 0.6) is 0 Å². The van der Waals surface area contributed by atoms with Gasteiger partial charge >= 0.3 is 0 Å². The first-order chi connectivity index (χ1) is 13.1. The van der Waals surface area contributed by atoms with Gasteiger partial charge in [-0.3, -0.25) is 9.78 Å². The van der Waals surface area contributed by atoms with E-state index < -0.39 is 0 Å². The summed E-state index contributed by atoms with van der Waals surface area (Å²) in [6.07, 6.45) is 5.32. The molecule has 0 radical (unpaired) electrons. The van der Waals surface area contributed by atoms with Crippen molar-refractivity contribution in [1.29, 1.82) is 0 Å². The second kappa shape index (κ2) is 7.53. The van der Waals surface area contributed by atoms with Crippen molar-refractivity contribution in [1.82, 2.24) is 4.98 Å². The summed E-state index contributed by atoms with van der Waals surface area (Å²) in [4.78, 5) is 18.9. The lowest BCUT2D eigenvalue weighted by atomic mass is 9.98. The number of hydrogen-bond acceptors (Lipinski definition) is 2. The molecule has 1 atom stereocenters. The normalized spacial score (nSPS) is 16.7. The van der Waals surface area contributed by atoms with Gasteiger partial charge in [-0.05, 0) is 72.4 Å². The van der Waals surface area contributed by atoms with E-state index >= 15 is 0 Å². The zero-order chi connectivity index (χ0) is 18.8. The van der Waals surface area contributed by atoms with Crippen LogP contribution in [0.25, 0.3) is 11.1 Å². The lowest BCUT2D eigenvalue weighted by molar-refractivity contribution is -0.120. The minimum Gasteiger partial charge on any atom is -0.312 e. The molecule has 4 rings (SSSR count). The zero-order valence-corrected chi connectivity index (χ0v) is 16.0. The monoisotopic (exact) mass is 376 g/mol. The lowest BCUT2D eigenvalue weighted by Crippen LogP contribution is -2.27. The molecule has 27 heavy (non-hydrogen) atoms. The standard InChI is InChI=1S/C23H21ClN2O/c1-16-15-25-12-10-22(16)18-4-8-21(9-5-18)26-13-11-19(23(26)27)14-17-2-6-20(24)7-3-17/h2-10,12,15,19H,11,13-14H2,1H3. The van der Waals surface area contributed by atoms with Gasteiger partial charge in [0.25, 0.3) is 0 Å². The van der Waals surface area contributed by atoms with Crippen LogP contribution < -0.4 is 4.90 Å². The fourth-order valence-corrected chi connectivity index (χ4v) is 3.83. The van der Waals surface area contributed by atoms with Crippen LogP contribution in [-0.4, -0.2) is 17.4 Å². The van der Waals surface area contributed by atoms with Crippen LogP contribution in [0.3, 0.4) is 0 Å². The highest BCUT2D eigenvalue weighted by Gasteiger charge is 2.32. The van der Waals surface area contributed by atoms with Crippen LogP contribution in [0, 0.1) is 12.8 Å². The summed E-state index contributed by atoms with van der Waals surface area (Å²) in [6, 6.07) is 18.0. The Labute approximate surface area is 164 Å². The Morgan fingerprint density at radius 3 is 2.52 bits per heavy atom. The maximum Gasteiger partial charge on any atom is 0.230 e. The van der Waals surface area contributed by atoms with Crippen molar-refractivity contribution in [3.63, 3.8) is 0 Å². The summed E-state index contributed by atoms with van der Waals surface area (Å²) in [7, 11) is 0. The summed E-state index contributed by atoms with van der Waals surface area (Å²) < 4.78 is 0. The first kappa shape index (κ1) is 17.7. The molecule has 2 aromatic carbocycles. The summed E-state index contributed by atoms with van der Waals surface area (Å²) in [5, 5.41) is 0.725. The third-order valence-electron chi connectivity index (χ3n) is 5.22. The molecule has 0 N–H and O–H groups in total. The van der Waals surface area contributed by atoms with Gasteiger partial charge in [-0.1, -0.05) is 35.9 Å². The van der Waals surface area contributed by atoms with Crippen molar-refractivity contribution in [2.45, 2.75) is 19.8 Å². The van der Waals surface area contributed by atoms with Crippen molar-refractivity contribution >= 4 is 23.2 Å². The van der Waals surface area contributed by atoms with Gasteiger partial charge in [-0.15, -0.1) is 0 Å². The van der Waals surface area contributed by atoms with Gasteiger partial charge in [0.2, 0.25) is 5.91 Å². The SMILES string of the molecule is Cc1cnccc1-c1ccc(N2CCC(Cc3ccc(Cl)cc3)C2=O)cc1. The van der Waals surface area contributed by atoms with E-state index in [2.05, 4.69) is 24.0 Å². The van der Waals surface area contributed by atoms with E-state index in [-0.39, 0.29) is 11.8 Å². The Kier molecular flexibility index (Phi) is 4.95. The molecule has 1 aliphatic heterocycles. The number of anilines is 1. The second-order valence-corrected chi connectivity index (χ2v) is 7.48. The number of aryl methyl sites for hydroxylation is 1. The van der Waals surface area contributed by atoms with E-state index in [9.17, 15) is 4.79 Å². The molecule has 1 fully saturated rings. The highest BCUT2D eigenvalue weighted by molar-refractivity contribution is 6.30. The van der Waals surface area contributed by atoms with Crippen molar-refractivity contribution in [2.75, 3.05) is 11.4 Å². The van der Waals surface area contributed by atoms with Crippen LogP contribution in [-0.2, 0) is 11.2 Å². The van der Waals surface area contributed by atoms with Crippen LogP contribution >= 0.6 is 11.6 Å². The van der Waals surface area contributed by atoms with E-state index in [1.807, 2.05) is 59.8 Å². The largest absolute Gasteiger partial charge is 0.312 e. The average Bonchev–Trinajstić information content (AvgIpc) is 3.05. The van der Waals surface area contributed by atoms with Crippen molar-refractivity contribution < 1.29 is 4.79 Å². The van der Waals surface area contributed by atoms with Crippen LogP contribution in [0.4, 0.5) is 5.69 Å². The summed E-state index contributed by atoms with van der Waals surface area (Å²) >= 11 is 5.95. The van der Waals surface area contributed by atoms with Gasteiger partial charge in [0.1, 0.15) is 0 Å².